The minimum Gasteiger partial charge on any atom is -0.338 e. The molecule has 4 rings (SSSR count). The van der Waals surface area contributed by atoms with Crippen LogP contribution in [0.15, 0.2) is 60.7 Å². The summed E-state index contributed by atoms with van der Waals surface area (Å²) in [7, 11) is -3.47. The van der Waals surface area contributed by atoms with Crippen LogP contribution in [0.4, 0.5) is 23.2 Å². The van der Waals surface area contributed by atoms with Crippen LogP contribution < -0.4 is 4.72 Å². The van der Waals surface area contributed by atoms with Crippen LogP contribution in [0.2, 0.25) is 0 Å². The second-order valence-electron chi connectivity index (χ2n) is 7.34. The molecule has 0 aliphatic rings. The average molecular weight is 475 g/mol. The fraction of sp³-hybridized carbons (Fsp3) is 0.0870. The van der Waals surface area contributed by atoms with Crippen LogP contribution in [0.1, 0.15) is 17.0 Å². The maximum atomic E-state index is 14.1. The first kappa shape index (κ1) is 22.5. The Morgan fingerprint density at radius 1 is 1.00 bits per heavy atom. The van der Waals surface area contributed by atoms with Gasteiger partial charge < -0.3 is 4.98 Å². The van der Waals surface area contributed by atoms with Gasteiger partial charge in [0, 0.05) is 11.1 Å². The highest BCUT2D eigenvalue weighted by Crippen LogP contribution is 2.32. The summed E-state index contributed by atoms with van der Waals surface area (Å²) in [6, 6.07) is 14.6. The molecular weight excluding hydrogens is 458 g/mol. The Bertz CT molecular complexity index is 1470. The van der Waals surface area contributed by atoms with Crippen molar-refractivity contribution in [3.05, 3.63) is 83.4 Å². The normalized spacial score (nSPS) is 12.5. The van der Waals surface area contributed by atoms with Crippen molar-refractivity contribution in [2.24, 2.45) is 0 Å². The van der Waals surface area contributed by atoms with Crippen LogP contribution in [0, 0.1) is 5.82 Å². The summed E-state index contributed by atoms with van der Waals surface area (Å²) in [6.45, 7) is 0. The number of alkyl halides is 3. The van der Waals surface area contributed by atoms with Gasteiger partial charge in [-0.2, -0.15) is 13.2 Å². The van der Waals surface area contributed by atoms with Crippen LogP contribution in [-0.4, -0.2) is 24.6 Å². The molecule has 0 radical (unpaired) electrons. The Morgan fingerprint density at radius 3 is 2.45 bits per heavy atom. The number of nitrogens with zero attached hydrogens (tertiary/aromatic N) is 1. The molecule has 0 amide bonds. The highest BCUT2D eigenvalue weighted by Gasteiger charge is 2.30. The zero-order valence-electron chi connectivity index (χ0n) is 17.1. The quantitative estimate of drug-likeness (QED) is 0.352. The molecule has 2 N–H and O–H groups in total. The minimum atomic E-state index is -4.62. The maximum absolute atomic E-state index is 14.1. The largest absolute Gasteiger partial charge is 0.416 e. The van der Waals surface area contributed by atoms with Crippen molar-refractivity contribution in [2.75, 3.05) is 11.0 Å². The molecule has 0 saturated carbocycles. The number of benzene rings is 3. The van der Waals surface area contributed by atoms with Gasteiger partial charge in [0.05, 0.1) is 28.5 Å². The zero-order chi connectivity index (χ0) is 23.8. The predicted octanol–water partition coefficient (Wildman–Crippen LogP) is 5.93. The smallest absolute Gasteiger partial charge is 0.338 e. The fourth-order valence-corrected chi connectivity index (χ4v) is 3.88. The van der Waals surface area contributed by atoms with E-state index in [-0.39, 0.29) is 5.56 Å². The van der Waals surface area contributed by atoms with Gasteiger partial charge in [0.2, 0.25) is 10.0 Å². The molecule has 0 saturated heterocycles. The maximum Gasteiger partial charge on any atom is 0.416 e. The number of imidazole rings is 1. The molecule has 0 bridgehead atoms. The summed E-state index contributed by atoms with van der Waals surface area (Å²) in [5.74, 6) is -0.613. The van der Waals surface area contributed by atoms with Gasteiger partial charge in [-0.25, -0.2) is 17.8 Å². The topological polar surface area (TPSA) is 74.8 Å². The number of halogens is 4. The van der Waals surface area contributed by atoms with Crippen LogP contribution in [0.3, 0.4) is 0 Å². The number of rotatable bonds is 5. The average Bonchev–Trinajstić information content (AvgIpc) is 3.13. The third-order valence-electron chi connectivity index (χ3n) is 4.78. The molecule has 3 aromatic carbocycles. The summed E-state index contributed by atoms with van der Waals surface area (Å²) in [5.41, 5.74) is 2.01. The SMILES string of the molecule is CS(=O)(=O)Nc1ccccc1-c1ccc2[nH]c(C=Cc3ccc(C(F)(F)F)cc3F)nc2c1. The van der Waals surface area contributed by atoms with Crippen LogP contribution in [0.5, 0.6) is 0 Å². The molecule has 5 nitrogen and oxygen atoms in total. The Kier molecular flexibility index (Phi) is 5.71. The first-order valence-electron chi connectivity index (χ1n) is 9.61. The van der Waals surface area contributed by atoms with Crippen molar-refractivity contribution in [2.45, 2.75) is 6.18 Å². The molecule has 0 spiro atoms. The lowest BCUT2D eigenvalue weighted by molar-refractivity contribution is -0.137. The number of hydrogen-bond acceptors (Lipinski definition) is 3. The number of aromatic amines is 1. The van der Waals surface area contributed by atoms with Gasteiger partial charge in [0.15, 0.2) is 0 Å². The lowest BCUT2D eigenvalue weighted by atomic mass is 10.0. The lowest BCUT2D eigenvalue weighted by Crippen LogP contribution is -2.10. The molecule has 4 aromatic rings. The number of aromatic nitrogens is 2. The number of H-pyrrole nitrogens is 1. The highest BCUT2D eigenvalue weighted by molar-refractivity contribution is 7.92. The first-order chi connectivity index (χ1) is 15.5. The molecule has 0 aliphatic carbocycles. The van der Waals surface area contributed by atoms with Gasteiger partial charge in [0.25, 0.3) is 0 Å². The highest BCUT2D eigenvalue weighted by atomic mass is 32.2. The third-order valence-corrected chi connectivity index (χ3v) is 5.37. The van der Waals surface area contributed by atoms with E-state index in [1.165, 1.54) is 12.2 Å². The van der Waals surface area contributed by atoms with Gasteiger partial charge in [-0.15, -0.1) is 0 Å². The van der Waals surface area contributed by atoms with Crippen molar-refractivity contribution in [3.63, 3.8) is 0 Å². The van der Waals surface area contributed by atoms with Gasteiger partial charge >= 0.3 is 6.18 Å². The molecular formula is C23H17F4N3O2S. The Hall–Kier alpha value is -3.66. The van der Waals surface area contributed by atoms with Crippen molar-refractivity contribution >= 4 is 38.9 Å². The number of para-hydroxylation sites is 1. The molecule has 0 atom stereocenters. The minimum absolute atomic E-state index is 0.00933. The summed E-state index contributed by atoms with van der Waals surface area (Å²) < 4.78 is 78.0. The fourth-order valence-electron chi connectivity index (χ4n) is 3.30. The van der Waals surface area contributed by atoms with E-state index in [2.05, 4.69) is 14.7 Å². The van der Waals surface area contributed by atoms with Crippen LogP contribution in [0.25, 0.3) is 34.3 Å². The molecule has 0 unspecified atom stereocenters. The third kappa shape index (κ3) is 5.23. The van der Waals surface area contributed by atoms with E-state index in [4.69, 9.17) is 0 Å². The van der Waals surface area contributed by atoms with E-state index >= 15 is 0 Å². The number of anilines is 1. The monoisotopic (exact) mass is 475 g/mol. The van der Waals surface area contributed by atoms with Crippen molar-refractivity contribution in [1.29, 1.82) is 0 Å². The van der Waals surface area contributed by atoms with Crippen LogP contribution in [-0.2, 0) is 16.2 Å². The van der Waals surface area contributed by atoms with E-state index in [0.29, 0.717) is 34.2 Å². The summed E-state index contributed by atoms with van der Waals surface area (Å²) in [5, 5.41) is 0. The molecule has 1 heterocycles. The predicted molar refractivity (Wildman–Crippen MR) is 120 cm³/mol. The van der Waals surface area contributed by atoms with E-state index in [0.717, 1.165) is 24.0 Å². The zero-order valence-corrected chi connectivity index (χ0v) is 17.9. The Morgan fingerprint density at radius 2 is 1.76 bits per heavy atom. The molecule has 170 valence electrons. The van der Waals surface area contributed by atoms with E-state index in [1.807, 2.05) is 0 Å². The second kappa shape index (κ2) is 8.36. The first-order valence-corrected chi connectivity index (χ1v) is 11.5. The van der Waals surface area contributed by atoms with Crippen molar-refractivity contribution in [3.8, 4) is 11.1 Å². The number of hydrogen-bond donors (Lipinski definition) is 2. The molecule has 33 heavy (non-hydrogen) atoms. The summed E-state index contributed by atoms with van der Waals surface area (Å²) >= 11 is 0. The summed E-state index contributed by atoms with van der Waals surface area (Å²) in [4.78, 5) is 7.46. The summed E-state index contributed by atoms with van der Waals surface area (Å²) in [6.07, 6.45) is -0.752. The van der Waals surface area contributed by atoms with Crippen molar-refractivity contribution < 1.29 is 26.0 Å². The van der Waals surface area contributed by atoms with E-state index < -0.39 is 27.6 Å². The number of sulfonamides is 1. The van der Waals surface area contributed by atoms with Gasteiger partial charge in [0.1, 0.15) is 11.6 Å². The Labute approximate surface area is 186 Å². The van der Waals surface area contributed by atoms with E-state index in [1.54, 1.807) is 42.5 Å². The lowest BCUT2D eigenvalue weighted by Gasteiger charge is -2.10. The van der Waals surface area contributed by atoms with Gasteiger partial charge in [-0.1, -0.05) is 30.3 Å². The molecule has 10 heteroatoms. The van der Waals surface area contributed by atoms with E-state index in [9.17, 15) is 26.0 Å². The number of fused-ring (bicyclic) bond motifs is 1. The van der Waals surface area contributed by atoms with Crippen LogP contribution >= 0.6 is 0 Å². The van der Waals surface area contributed by atoms with Gasteiger partial charge in [-0.3, -0.25) is 4.72 Å². The van der Waals surface area contributed by atoms with Crippen molar-refractivity contribution in [1.82, 2.24) is 9.97 Å². The second-order valence-corrected chi connectivity index (χ2v) is 9.09. The molecule has 1 aromatic heterocycles. The standard InChI is InChI=1S/C23H17F4N3O2S/c1-33(31,32)30-19-5-3-2-4-17(19)15-7-10-20-21(12-15)29-22(28-20)11-8-14-6-9-16(13-18(14)24)23(25,26)27/h2-13,30H,1H3,(H,28,29). The molecule has 0 aliphatic heterocycles. The Balaban J connectivity index is 1.64. The van der Waals surface area contributed by atoms with Gasteiger partial charge in [-0.05, 0) is 48.0 Å². The number of nitrogens with one attached hydrogen (secondary N) is 2. The molecule has 0 fully saturated rings.